The van der Waals surface area contributed by atoms with Crippen molar-refractivity contribution in [2.75, 3.05) is 5.32 Å². The van der Waals surface area contributed by atoms with Crippen LogP contribution in [0.4, 0.5) is 5.95 Å². The molecule has 0 aliphatic carbocycles. The molecule has 0 fully saturated rings. The van der Waals surface area contributed by atoms with Crippen LogP contribution in [0.25, 0.3) is 11.0 Å². The lowest BCUT2D eigenvalue weighted by molar-refractivity contribution is -0.119. The normalized spacial score (nSPS) is 12.5. The number of amides is 1. The van der Waals surface area contributed by atoms with Gasteiger partial charge in [0.05, 0.1) is 34.2 Å². The van der Waals surface area contributed by atoms with Crippen LogP contribution in [0.5, 0.6) is 0 Å². The zero-order valence-corrected chi connectivity index (χ0v) is 15.3. The monoisotopic (exact) mass is 389 g/mol. The van der Waals surface area contributed by atoms with E-state index in [1.807, 2.05) is 37.4 Å². The van der Waals surface area contributed by atoms with Crippen LogP contribution in [0.1, 0.15) is 20.3 Å². The average molecular weight is 390 g/mol. The van der Waals surface area contributed by atoms with Gasteiger partial charge in [0.1, 0.15) is 0 Å². The molecule has 1 atom stereocenters. The van der Waals surface area contributed by atoms with E-state index in [0.717, 1.165) is 28.5 Å². The maximum Gasteiger partial charge on any atom is 0.231 e. The van der Waals surface area contributed by atoms with Gasteiger partial charge in [-0.05, 0) is 34.5 Å². The second-order valence-corrected chi connectivity index (χ2v) is 6.76. The summed E-state index contributed by atoms with van der Waals surface area (Å²) in [5.41, 5.74) is 1.93. The predicted molar refractivity (Wildman–Crippen MR) is 97.7 cm³/mol. The third-order valence-corrected chi connectivity index (χ3v) is 4.26. The van der Waals surface area contributed by atoms with Crippen LogP contribution >= 0.6 is 15.9 Å². The molecule has 0 aliphatic rings. The van der Waals surface area contributed by atoms with Crippen LogP contribution in [0.15, 0.2) is 41.1 Å². The van der Waals surface area contributed by atoms with Crippen molar-refractivity contribution in [1.29, 1.82) is 0 Å². The second-order valence-electron chi connectivity index (χ2n) is 5.85. The van der Waals surface area contributed by atoms with Gasteiger partial charge in [0.15, 0.2) is 0 Å². The molecule has 3 rings (SSSR count). The predicted octanol–water partition coefficient (Wildman–Crippen LogP) is 3.68. The minimum absolute atomic E-state index is 0.0609. The van der Waals surface area contributed by atoms with Crippen molar-refractivity contribution < 1.29 is 4.79 Å². The lowest BCUT2D eigenvalue weighted by atomic mass is 10.1. The number of carbonyl (C=O) groups excluding carboxylic acids is 1. The Kier molecular flexibility index (Phi) is 4.99. The maximum atomic E-state index is 12.5. The molecule has 2 heterocycles. The summed E-state index contributed by atoms with van der Waals surface area (Å²) in [6.45, 7) is 5.33. The summed E-state index contributed by atoms with van der Waals surface area (Å²) in [6, 6.07) is 7.93. The Bertz CT molecular complexity index is 854. The summed E-state index contributed by atoms with van der Waals surface area (Å²) in [5.74, 6) is 0.331. The Morgan fingerprint density at radius 1 is 1.38 bits per heavy atom. The van der Waals surface area contributed by atoms with Crippen molar-refractivity contribution in [3.8, 4) is 0 Å². The maximum absolute atomic E-state index is 12.5. The van der Waals surface area contributed by atoms with Crippen molar-refractivity contribution in [2.24, 2.45) is 5.92 Å². The number of rotatable bonds is 6. The molecule has 3 aromatic rings. The number of imidazole rings is 1. The van der Waals surface area contributed by atoms with Gasteiger partial charge >= 0.3 is 0 Å². The number of halogens is 1. The fraction of sp³-hybridized carbons (Fsp3) is 0.353. The lowest BCUT2D eigenvalue weighted by Crippen LogP contribution is -2.26. The van der Waals surface area contributed by atoms with Crippen LogP contribution in [0, 0.1) is 5.92 Å². The number of carbonyl (C=O) groups is 1. The number of para-hydroxylation sites is 2. The summed E-state index contributed by atoms with van der Waals surface area (Å²) < 4.78 is 4.72. The van der Waals surface area contributed by atoms with Gasteiger partial charge in [-0.3, -0.25) is 14.8 Å². The molecule has 1 unspecified atom stereocenters. The molecule has 6 nitrogen and oxygen atoms in total. The van der Waals surface area contributed by atoms with E-state index in [1.165, 1.54) is 0 Å². The largest absolute Gasteiger partial charge is 0.310 e. The van der Waals surface area contributed by atoms with Crippen LogP contribution < -0.4 is 5.32 Å². The van der Waals surface area contributed by atoms with E-state index in [1.54, 1.807) is 10.9 Å². The van der Waals surface area contributed by atoms with Crippen molar-refractivity contribution in [2.45, 2.75) is 33.4 Å². The molecule has 7 heteroatoms. The van der Waals surface area contributed by atoms with Crippen LogP contribution in [0.3, 0.4) is 0 Å². The molecular formula is C17H20BrN5O. The van der Waals surface area contributed by atoms with E-state index in [0.29, 0.717) is 12.5 Å². The highest BCUT2D eigenvalue weighted by Crippen LogP contribution is 2.20. The fourth-order valence-electron chi connectivity index (χ4n) is 2.66. The first-order chi connectivity index (χ1) is 11.6. The number of hydrogen-bond donors (Lipinski definition) is 1. The first-order valence-corrected chi connectivity index (χ1v) is 8.82. The number of nitrogens with zero attached hydrogens (tertiary/aromatic N) is 4. The number of aromatic nitrogens is 4. The van der Waals surface area contributed by atoms with Gasteiger partial charge in [-0.2, -0.15) is 5.10 Å². The van der Waals surface area contributed by atoms with E-state index < -0.39 is 0 Å². The Balaban J connectivity index is 1.78. The molecule has 0 radical (unpaired) electrons. The van der Waals surface area contributed by atoms with Gasteiger partial charge in [-0.25, -0.2) is 4.98 Å². The highest BCUT2D eigenvalue weighted by Gasteiger charge is 2.18. The third kappa shape index (κ3) is 3.51. The second kappa shape index (κ2) is 7.17. The Morgan fingerprint density at radius 2 is 2.17 bits per heavy atom. The molecule has 0 spiro atoms. The van der Waals surface area contributed by atoms with Gasteiger partial charge in [0.25, 0.3) is 0 Å². The van der Waals surface area contributed by atoms with Crippen molar-refractivity contribution >= 4 is 38.8 Å². The Morgan fingerprint density at radius 3 is 2.88 bits per heavy atom. The average Bonchev–Trinajstić information content (AvgIpc) is 3.12. The number of hydrogen-bond acceptors (Lipinski definition) is 3. The first kappa shape index (κ1) is 16.7. The zero-order valence-electron chi connectivity index (χ0n) is 13.7. The molecule has 1 amide bonds. The van der Waals surface area contributed by atoms with E-state index in [9.17, 15) is 4.79 Å². The third-order valence-electron chi connectivity index (χ3n) is 3.85. The molecule has 0 bridgehead atoms. The SMILES string of the molecule is CCCn1c(NC(=O)C(C)Cn2cc(Br)cn2)nc2ccccc21. The Labute approximate surface area is 149 Å². The van der Waals surface area contributed by atoms with Crippen molar-refractivity contribution in [3.05, 3.63) is 41.1 Å². The van der Waals surface area contributed by atoms with Gasteiger partial charge < -0.3 is 4.57 Å². The number of aryl methyl sites for hydroxylation is 1. The van der Waals surface area contributed by atoms with E-state index >= 15 is 0 Å². The highest BCUT2D eigenvalue weighted by molar-refractivity contribution is 9.10. The Hall–Kier alpha value is -2.15. The molecule has 0 aliphatic heterocycles. The quantitative estimate of drug-likeness (QED) is 0.699. The number of anilines is 1. The summed E-state index contributed by atoms with van der Waals surface area (Å²) in [7, 11) is 0. The van der Waals surface area contributed by atoms with Gasteiger partial charge in [0.2, 0.25) is 11.9 Å². The van der Waals surface area contributed by atoms with Gasteiger partial charge in [-0.1, -0.05) is 26.0 Å². The molecule has 2 aromatic heterocycles. The molecule has 24 heavy (non-hydrogen) atoms. The molecule has 0 saturated carbocycles. The van der Waals surface area contributed by atoms with E-state index in [4.69, 9.17) is 0 Å². The van der Waals surface area contributed by atoms with Crippen LogP contribution in [-0.4, -0.2) is 25.2 Å². The summed E-state index contributed by atoms with van der Waals surface area (Å²) in [5, 5.41) is 7.17. The highest BCUT2D eigenvalue weighted by atomic mass is 79.9. The van der Waals surface area contributed by atoms with Crippen LogP contribution in [-0.2, 0) is 17.9 Å². The molecular weight excluding hydrogens is 370 g/mol. The van der Waals surface area contributed by atoms with Crippen LogP contribution in [0.2, 0.25) is 0 Å². The minimum Gasteiger partial charge on any atom is -0.310 e. The fourth-order valence-corrected chi connectivity index (χ4v) is 2.98. The van der Waals surface area contributed by atoms with E-state index in [-0.39, 0.29) is 11.8 Å². The molecule has 1 aromatic carbocycles. The summed E-state index contributed by atoms with van der Waals surface area (Å²) in [6.07, 6.45) is 4.54. The van der Waals surface area contributed by atoms with Crippen molar-refractivity contribution in [3.63, 3.8) is 0 Å². The van der Waals surface area contributed by atoms with Gasteiger partial charge in [0, 0.05) is 12.7 Å². The lowest BCUT2D eigenvalue weighted by Gasteiger charge is -2.13. The topological polar surface area (TPSA) is 64.7 Å². The number of fused-ring (bicyclic) bond motifs is 1. The smallest absolute Gasteiger partial charge is 0.231 e. The number of benzene rings is 1. The zero-order chi connectivity index (χ0) is 17.1. The van der Waals surface area contributed by atoms with Crippen molar-refractivity contribution in [1.82, 2.24) is 19.3 Å². The molecule has 1 N–H and O–H groups in total. The standard InChI is InChI=1S/C17H20BrN5O/c1-3-8-23-15-7-5-4-6-14(15)20-17(23)21-16(24)12(2)10-22-11-13(18)9-19-22/h4-7,9,11-12H,3,8,10H2,1-2H3,(H,20,21,24). The minimum atomic E-state index is -0.216. The van der Waals surface area contributed by atoms with Gasteiger partial charge in [-0.15, -0.1) is 0 Å². The summed E-state index contributed by atoms with van der Waals surface area (Å²) in [4.78, 5) is 17.1. The number of nitrogens with one attached hydrogen (secondary N) is 1. The van der Waals surface area contributed by atoms with E-state index in [2.05, 4.69) is 42.8 Å². The first-order valence-electron chi connectivity index (χ1n) is 8.02. The summed E-state index contributed by atoms with van der Waals surface area (Å²) >= 11 is 3.36. The molecule has 0 saturated heterocycles. The molecule has 126 valence electrons.